The second kappa shape index (κ2) is 7.50. The van der Waals surface area contributed by atoms with Crippen LogP contribution < -0.4 is 11.3 Å². The maximum absolute atomic E-state index is 14.7. The molecule has 0 spiro atoms. The third-order valence-corrected chi connectivity index (χ3v) is 6.92. The van der Waals surface area contributed by atoms with Crippen LogP contribution in [0.15, 0.2) is 16.9 Å². The predicted octanol–water partition coefficient (Wildman–Crippen LogP) is 2.59. The molecule has 8 heteroatoms. The lowest BCUT2D eigenvalue weighted by atomic mass is 9.82. The standard InChI is InChI=1S/C24H24FN3O4/c1-11(8-29)14-5-20-23-15(7-28(20)24(31)16(14)9-32-10-30)21-18(26)4-3-13-12(2)17(25)6-19(27-23)22(13)21/h5-6,10-11,18,29H,3-4,7-9,26H2,1-2H3. The first-order chi connectivity index (χ1) is 15.4. The van der Waals surface area contributed by atoms with Gasteiger partial charge in [-0.2, -0.15) is 0 Å². The molecule has 0 radical (unpaired) electrons. The summed E-state index contributed by atoms with van der Waals surface area (Å²) < 4.78 is 21.2. The number of aromatic nitrogens is 2. The number of aliphatic hydroxyl groups excluding tert-OH is 1. The largest absolute Gasteiger partial charge is 0.463 e. The Morgan fingerprint density at radius 3 is 2.91 bits per heavy atom. The Labute approximate surface area is 183 Å². The first-order valence-electron chi connectivity index (χ1n) is 10.7. The minimum atomic E-state index is -0.337. The number of carbonyl (C=O) groups is 1. The van der Waals surface area contributed by atoms with Crippen LogP contribution in [-0.4, -0.2) is 27.7 Å². The fourth-order valence-corrected chi connectivity index (χ4v) is 5.20. The normalized spacial score (nSPS) is 17.2. The summed E-state index contributed by atoms with van der Waals surface area (Å²) in [4.78, 5) is 29.0. The highest BCUT2D eigenvalue weighted by Crippen LogP contribution is 2.44. The van der Waals surface area contributed by atoms with Gasteiger partial charge in [0.05, 0.1) is 29.0 Å². The lowest BCUT2D eigenvalue weighted by Crippen LogP contribution is -2.27. The fourth-order valence-electron chi connectivity index (χ4n) is 5.20. The molecule has 0 fully saturated rings. The van der Waals surface area contributed by atoms with Crippen LogP contribution in [0.25, 0.3) is 22.3 Å². The van der Waals surface area contributed by atoms with E-state index in [4.69, 9.17) is 15.5 Å². The maximum atomic E-state index is 14.7. The molecule has 5 rings (SSSR count). The molecule has 2 aromatic heterocycles. The van der Waals surface area contributed by atoms with Crippen molar-refractivity contribution in [2.45, 2.75) is 51.8 Å². The molecule has 1 aromatic carbocycles. The molecule has 3 N–H and O–H groups in total. The first-order valence-corrected chi connectivity index (χ1v) is 10.7. The van der Waals surface area contributed by atoms with E-state index in [0.29, 0.717) is 59.5 Å². The lowest BCUT2D eigenvalue weighted by molar-refractivity contribution is -0.129. The molecule has 2 atom stereocenters. The van der Waals surface area contributed by atoms with Crippen LogP contribution in [0.5, 0.6) is 0 Å². The van der Waals surface area contributed by atoms with E-state index in [-0.39, 0.29) is 36.5 Å². The number of nitrogens with zero attached hydrogens (tertiary/aromatic N) is 2. The summed E-state index contributed by atoms with van der Waals surface area (Å²) in [7, 11) is 0. The van der Waals surface area contributed by atoms with Crippen LogP contribution in [0.2, 0.25) is 0 Å². The van der Waals surface area contributed by atoms with Crippen LogP contribution in [0.3, 0.4) is 0 Å². The molecular formula is C24H24FN3O4. The van der Waals surface area contributed by atoms with Gasteiger partial charge in [0.15, 0.2) is 0 Å². The van der Waals surface area contributed by atoms with E-state index in [1.807, 2.05) is 6.07 Å². The molecule has 2 unspecified atom stereocenters. The van der Waals surface area contributed by atoms with Crippen LogP contribution in [0, 0.1) is 12.7 Å². The summed E-state index contributed by atoms with van der Waals surface area (Å²) in [6.07, 6.45) is 1.38. The van der Waals surface area contributed by atoms with Crippen molar-refractivity contribution < 1.29 is 19.0 Å². The van der Waals surface area contributed by atoms with Gasteiger partial charge in [0.1, 0.15) is 12.4 Å². The van der Waals surface area contributed by atoms with E-state index in [1.165, 1.54) is 6.07 Å². The highest BCUT2D eigenvalue weighted by atomic mass is 19.1. The Balaban J connectivity index is 1.82. The zero-order chi connectivity index (χ0) is 22.7. The van der Waals surface area contributed by atoms with E-state index in [1.54, 1.807) is 18.4 Å². The summed E-state index contributed by atoms with van der Waals surface area (Å²) >= 11 is 0. The molecule has 2 aliphatic rings. The second-order valence-electron chi connectivity index (χ2n) is 8.70. The van der Waals surface area contributed by atoms with Crippen molar-refractivity contribution in [1.29, 1.82) is 0 Å². The minimum Gasteiger partial charge on any atom is -0.463 e. The summed E-state index contributed by atoms with van der Waals surface area (Å²) in [6.45, 7) is 3.83. The summed E-state index contributed by atoms with van der Waals surface area (Å²) in [5.41, 5.74) is 12.3. The Morgan fingerprint density at radius 2 is 2.19 bits per heavy atom. The van der Waals surface area contributed by atoms with Gasteiger partial charge in [0.2, 0.25) is 0 Å². The van der Waals surface area contributed by atoms with Gasteiger partial charge in [-0.05, 0) is 48.1 Å². The molecule has 0 saturated heterocycles. The number of benzene rings is 1. The number of halogens is 1. The Kier molecular flexibility index (Phi) is 4.87. The maximum Gasteiger partial charge on any atom is 0.293 e. The molecule has 3 aromatic rings. The third-order valence-electron chi connectivity index (χ3n) is 6.92. The Bertz CT molecular complexity index is 1350. The SMILES string of the molecule is Cc1c(F)cc2nc3c(c4c2c1CCC4N)Cn1c-3cc(C(C)CO)c(COC=O)c1=O. The topological polar surface area (TPSA) is 107 Å². The summed E-state index contributed by atoms with van der Waals surface area (Å²) in [5, 5.41) is 10.6. The smallest absolute Gasteiger partial charge is 0.293 e. The predicted molar refractivity (Wildman–Crippen MR) is 117 cm³/mol. The molecule has 0 saturated carbocycles. The number of pyridine rings is 2. The van der Waals surface area contributed by atoms with Gasteiger partial charge in [-0.3, -0.25) is 9.59 Å². The quantitative estimate of drug-likeness (QED) is 0.465. The Hall–Kier alpha value is -3.10. The van der Waals surface area contributed by atoms with Crippen LogP contribution >= 0.6 is 0 Å². The number of aliphatic hydroxyl groups is 1. The van der Waals surface area contributed by atoms with Crippen molar-refractivity contribution in [3.63, 3.8) is 0 Å². The van der Waals surface area contributed by atoms with E-state index >= 15 is 0 Å². The van der Waals surface area contributed by atoms with Crippen molar-refractivity contribution in [1.82, 2.24) is 9.55 Å². The van der Waals surface area contributed by atoms with Gasteiger partial charge >= 0.3 is 0 Å². The van der Waals surface area contributed by atoms with Gasteiger partial charge in [-0.25, -0.2) is 9.37 Å². The van der Waals surface area contributed by atoms with Gasteiger partial charge in [-0.15, -0.1) is 0 Å². The average molecular weight is 437 g/mol. The molecule has 0 amide bonds. The van der Waals surface area contributed by atoms with Crippen molar-refractivity contribution in [3.05, 3.63) is 61.7 Å². The van der Waals surface area contributed by atoms with Crippen molar-refractivity contribution >= 4 is 17.4 Å². The fraction of sp³-hybridized carbons (Fsp3) is 0.375. The van der Waals surface area contributed by atoms with Crippen molar-refractivity contribution in [3.8, 4) is 11.4 Å². The van der Waals surface area contributed by atoms with Crippen molar-refractivity contribution in [2.75, 3.05) is 6.61 Å². The van der Waals surface area contributed by atoms with E-state index in [2.05, 4.69) is 0 Å². The number of ether oxygens (including phenoxy) is 1. The number of nitrogens with two attached hydrogens (primary N) is 1. The highest BCUT2D eigenvalue weighted by Gasteiger charge is 2.33. The number of fused-ring (bicyclic) bond motifs is 4. The van der Waals surface area contributed by atoms with E-state index in [9.17, 15) is 19.1 Å². The van der Waals surface area contributed by atoms with Crippen molar-refractivity contribution in [2.24, 2.45) is 5.73 Å². The van der Waals surface area contributed by atoms with Gasteiger partial charge in [0.25, 0.3) is 12.0 Å². The molecular weight excluding hydrogens is 413 g/mol. The number of hydrogen-bond donors (Lipinski definition) is 2. The summed E-state index contributed by atoms with van der Waals surface area (Å²) in [6, 6.07) is 3.04. The minimum absolute atomic E-state index is 0.168. The van der Waals surface area contributed by atoms with Crippen LogP contribution in [0.1, 0.15) is 58.7 Å². The summed E-state index contributed by atoms with van der Waals surface area (Å²) in [5.74, 6) is -0.636. The van der Waals surface area contributed by atoms with Crippen LogP contribution in [0.4, 0.5) is 4.39 Å². The zero-order valence-electron chi connectivity index (χ0n) is 17.9. The molecule has 166 valence electrons. The number of rotatable bonds is 5. The average Bonchev–Trinajstić information content (AvgIpc) is 3.15. The number of hydrogen-bond acceptors (Lipinski definition) is 6. The lowest BCUT2D eigenvalue weighted by Gasteiger charge is -2.26. The van der Waals surface area contributed by atoms with E-state index in [0.717, 1.165) is 22.1 Å². The number of aryl methyl sites for hydroxylation is 1. The molecule has 7 nitrogen and oxygen atoms in total. The molecule has 3 heterocycles. The number of carbonyl (C=O) groups excluding carboxylic acids is 1. The molecule has 1 aliphatic heterocycles. The van der Waals surface area contributed by atoms with Gasteiger partial charge < -0.3 is 20.1 Å². The zero-order valence-corrected chi connectivity index (χ0v) is 17.9. The Morgan fingerprint density at radius 1 is 1.41 bits per heavy atom. The van der Waals surface area contributed by atoms with E-state index < -0.39 is 0 Å². The monoisotopic (exact) mass is 437 g/mol. The highest BCUT2D eigenvalue weighted by molar-refractivity contribution is 5.92. The van der Waals surface area contributed by atoms with Crippen LogP contribution in [-0.2, 0) is 29.1 Å². The van der Waals surface area contributed by atoms with Gasteiger partial charge in [0, 0.05) is 35.6 Å². The second-order valence-corrected chi connectivity index (χ2v) is 8.70. The molecule has 1 aliphatic carbocycles. The first kappa shape index (κ1) is 20.8. The third kappa shape index (κ3) is 2.83. The molecule has 32 heavy (non-hydrogen) atoms. The van der Waals surface area contributed by atoms with Gasteiger partial charge in [-0.1, -0.05) is 6.92 Å². The molecule has 0 bridgehead atoms.